The van der Waals surface area contributed by atoms with Gasteiger partial charge in [-0.25, -0.2) is 0 Å². The molecule has 41 nitrogen and oxygen atoms in total. The van der Waals surface area contributed by atoms with Crippen molar-refractivity contribution in [2.24, 2.45) is 17.2 Å². The van der Waals surface area contributed by atoms with Crippen LogP contribution in [0, 0.1) is 0 Å². The van der Waals surface area contributed by atoms with Gasteiger partial charge in [-0.15, -0.1) is 11.8 Å². The van der Waals surface area contributed by atoms with Gasteiger partial charge in [-0.2, -0.15) is 0 Å². The van der Waals surface area contributed by atoms with Crippen molar-refractivity contribution in [1.29, 1.82) is 0 Å². The Kier molecular flexibility index (Phi) is 36.9. The number of nitrogens with two attached hydrogens (primary N) is 3. The first-order chi connectivity index (χ1) is 59.6. The molecule has 125 heavy (non-hydrogen) atoms. The number of hydrogen-bond acceptors (Lipinski definition) is 23. The van der Waals surface area contributed by atoms with Crippen molar-refractivity contribution in [3.8, 4) is 5.75 Å². The Morgan fingerprint density at radius 2 is 0.968 bits per heavy atom. The van der Waals surface area contributed by atoms with E-state index in [1.807, 2.05) is 0 Å². The highest BCUT2D eigenvalue weighted by Gasteiger charge is 2.45. The number of nitrogens with one attached hydrogen (secondary N) is 12. The van der Waals surface area contributed by atoms with Crippen LogP contribution in [0.1, 0.15) is 115 Å². The van der Waals surface area contributed by atoms with E-state index in [4.69, 9.17) is 17.2 Å². The normalized spacial score (nSPS) is 25.2. The number of fused-ring (bicyclic) bond motifs is 4. The molecule has 3 aromatic carbocycles. The molecule has 0 unspecified atom stereocenters. The van der Waals surface area contributed by atoms with Crippen molar-refractivity contribution in [3.63, 3.8) is 0 Å². The number of carbonyl (C=O) groups is 17. The molecule has 0 aliphatic carbocycles. The molecule has 3 aliphatic heterocycles. The van der Waals surface area contributed by atoms with Crippen LogP contribution < -0.4 is 70.4 Å². The largest absolute Gasteiger partial charge is 0.508 e. The summed E-state index contributed by atoms with van der Waals surface area (Å²) >= 11 is 0.771. The molecule has 5 heterocycles. The van der Waals surface area contributed by atoms with Gasteiger partial charge in [0.25, 0.3) is 0 Å². The summed E-state index contributed by atoms with van der Waals surface area (Å²) < 4.78 is 0. The molecule has 3 fully saturated rings. The summed E-state index contributed by atoms with van der Waals surface area (Å²) in [5.74, 6) is -17.2. The average molecular weight is 1760 g/mol. The first kappa shape index (κ1) is 98.2. The Morgan fingerprint density at radius 3 is 1.54 bits per heavy atom. The van der Waals surface area contributed by atoms with E-state index < -0.39 is 242 Å². The summed E-state index contributed by atoms with van der Waals surface area (Å²) in [4.78, 5) is 257. The third-order valence-electron chi connectivity index (χ3n) is 22.5. The molecule has 22 N–H and O–H groups in total. The lowest BCUT2D eigenvalue weighted by Crippen LogP contribution is -2.61. The molecule has 5 aromatic rings. The van der Waals surface area contributed by atoms with Crippen molar-refractivity contribution >= 4 is 134 Å². The summed E-state index contributed by atoms with van der Waals surface area (Å²) in [7, 11) is 3.80. The van der Waals surface area contributed by atoms with E-state index in [2.05, 4.69) is 63.1 Å². The topological polar surface area (TPSA) is 617 Å². The molecular formula is C83H116N20O21S. The van der Waals surface area contributed by atoms with Gasteiger partial charge in [0, 0.05) is 107 Å². The van der Waals surface area contributed by atoms with Gasteiger partial charge >= 0.3 is 0 Å². The fourth-order valence-corrected chi connectivity index (χ4v) is 16.1. The molecule has 0 radical (unpaired) electrons. The van der Waals surface area contributed by atoms with Gasteiger partial charge in [0.1, 0.15) is 90.3 Å². The van der Waals surface area contributed by atoms with Crippen molar-refractivity contribution in [1.82, 2.24) is 87.6 Å². The second kappa shape index (κ2) is 47.0. The van der Waals surface area contributed by atoms with Crippen LogP contribution in [-0.4, -0.2) is 319 Å². The number of amides is 17. The van der Waals surface area contributed by atoms with Gasteiger partial charge in [0.05, 0.1) is 25.3 Å². The summed E-state index contributed by atoms with van der Waals surface area (Å²) in [6, 6.07) is -1.97. The number of thioether (sulfide) groups is 1. The van der Waals surface area contributed by atoms with Gasteiger partial charge in [-0.05, 0) is 119 Å². The number of aliphatic hydroxyl groups excluding tert-OH is 3. The Morgan fingerprint density at radius 1 is 0.488 bits per heavy atom. The number of aromatic amines is 2. The number of para-hydroxylation sites is 2. The molecule has 0 spiro atoms. The van der Waals surface area contributed by atoms with Crippen molar-refractivity contribution in [3.05, 3.63) is 102 Å². The Balaban J connectivity index is 1.14. The molecule has 3 aliphatic rings. The van der Waals surface area contributed by atoms with Gasteiger partial charge in [0.15, 0.2) is 0 Å². The minimum absolute atomic E-state index is 0.0000382. The predicted octanol–water partition coefficient (Wildman–Crippen LogP) is -4.84. The van der Waals surface area contributed by atoms with Crippen LogP contribution in [0.4, 0.5) is 0 Å². The summed E-state index contributed by atoms with van der Waals surface area (Å²) in [5, 5.41) is 68.9. The number of aromatic nitrogens is 2. The first-order valence-corrected chi connectivity index (χ1v) is 42.7. The molecule has 0 bridgehead atoms. The number of phenols is 1. The Labute approximate surface area is 725 Å². The smallest absolute Gasteiger partial charge is 0.246 e. The summed E-state index contributed by atoms with van der Waals surface area (Å²) in [5.41, 5.74) is 19.7. The molecule has 2 aromatic heterocycles. The summed E-state index contributed by atoms with van der Waals surface area (Å²) in [6.45, 7) is 0.999. The summed E-state index contributed by atoms with van der Waals surface area (Å²) in [6.07, 6.45) is 1.68. The number of benzene rings is 3. The zero-order chi connectivity index (χ0) is 91.5. The highest BCUT2D eigenvalue weighted by atomic mass is 32.2. The van der Waals surface area contributed by atoms with Crippen molar-refractivity contribution < 1.29 is 102 Å². The standard InChI is InChI=1S/C83H116N20O21S/c1-7-8-21-64-76(117)96-61(38-67(85)108)83(124)103-32-15-23-66(103)78(119)97-62(42-106)75(116)93-57(29-34-105)82(123)102-31-14-22-65(102)77(118)94-58(36-48-39-87-53-18-11-9-16-51(48)53)74(115)92-56(28-33-104)73(114)95-60(37-49-40-88-54-19-12-10-17-52(49)54)80(121)100(5)46(3)79(120)99(4)45(2)70(111)91-55(20-13-30-84)72(113)98-63(71(112)89-41-68(86)109)43-125-44-69(110)90-59(81(122)101(64)6)35-47-24-26-50(107)27-25-47/h9-12,16-19,24-27,39-40,45-46,55-66,87-88,104-107H,7-8,13-15,20-23,28-38,41-44,84H2,1-6H3,(H2,85,108)(H2,86,109)(H,89,112)(H,90,110)(H,91,111)(H,92,115)(H,93,116)(H,94,118)(H,95,114)(H,96,117)(H,97,119)(H,98,113)/t45-,46-,55-,56-,57-,58-,59-,60-,61+,62-,63-,64-,65-,66-/m0/s1. The van der Waals surface area contributed by atoms with Crippen LogP contribution in [0.15, 0.2) is 85.2 Å². The monoisotopic (exact) mass is 1760 g/mol. The molecule has 8 rings (SSSR count). The van der Waals surface area contributed by atoms with Crippen molar-refractivity contribution in [2.75, 3.05) is 78.6 Å². The van der Waals surface area contributed by atoms with Crippen LogP contribution in [0.25, 0.3) is 21.8 Å². The second-order valence-electron chi connectivity index (χ2n) is 31.4. The van der Waals surface area contributed by atoms with Crippen LogP contribution >= 0.6 is 11.8 Å². The fraction of sp³-hybridized carbons (Fsp3) is 0.530. The van der Waals surface area contributed by atoms with E-state index in [1.165, 1.54) is 59.3 Å². The zero-order valence-electron chi connectivity index (χ0n) is 70.7. The second-order valence-corrected chi connectivity index (χ2v) is 32.4. The maximum Gasteiger partial charge on any atom is 0.246 e. The number of aromatic hydroxyl groups is 1. The molecule has 680 valence electrons. The van der Waals surface area contributed by atoms with Gasteiger partial charge in [-0.1, -0.05) is 68.3 Å². The molecule has 0 saturated carbocycles. The number of H-pyrrole nitrogens is 2. The van der Waals surface area contributed by atoms with E-state index in [0.29, 0.717) is 51.3 Å². The van der Waals surface area contributed by atoms with Crippen LogP contribution in [-0.2, 0) is 101 Å². The predicted molar refractivity (Wildman–Crippen MR) is 455 cm³/mol. The van der Waals surface area contributed by atoms with Crippen LogP contribution in [0.2, 0.25) is 0 Å². The number of rotatable bonds is 22. The number of carbonyl (C=O) groups excluding carboxylic acids is 17. The van der Waals surface area contributed by atoms with Crippen LogP contribution in [0.5, 0.6) is 5.75 Å². The van der Waals surface area contributed by atoms with E-state index in [9.17, 15) is 87.5 Å². The fourth-order valence-electron chi connectivity index (χ4n) is 15.2. The third-order valence-corrected chi connectivity index (χ3v) is 23.5. The number of primary amides is 2. The van der Waals surface area contributed by atoms with E-state index >= 15 is 14.4 Å². The van der Waals surface area contributed by atoms with Crippen LogP contribution in [0.3, 0.4) is 0 Å². The Bertz CT molecular complexity index is 4700. The Hall–Kier alpha value is -12.3. The number of phenolic OH excluding ortho intramolecular Hbond substituents is 1. The molecular weight excluding hydrogens is 1650 g/mol. The minimum Gasteiger partial charge on any atom is -0.508 e. The van der Waals surface area contributed by atoms with Gasteiger partial charge < -0.3 is 125 Å². The lowest BCUT2D eigenvalue weighted by Gasteiger charge is -2.34. The minimum atomic E-state index is -1.85. The quantitative estimate of drug-likeness (QED) is 0.0309. The lowest BCUT2D eigenvalue weighted by molar-refractivity contribution is -0.148. The number of unbranched alkanes of at least 4 members (excludes halogenated alkanes) is 1. The maximum absolute atomic E-state index is 15.2. The SMILES string of the molecule is CCCC[C@H]1C(=O)N[C@H](CC(N)=O)C(=O)N2CCC[C@H]2C(=O)N[C@@H](CO)C(=O)N[C@@H](CCO)C(=O)N2CCC[C@H]2C(=O)N[C@@H](Cc2c[nH]c3ccccc23)C(=O)N[C@@H](CCO)C(=O)N[C@@H](Cc2c[nH]c3ccccc23)C(=O)N(C)[C@@H](C)C(=O)N(C)[C@@H](C)C(=O)N[C@@H](CCCN)C(=O)N[C@H](C(=O)NCC(N)=O)CSCC(=O)N[C@@H](Cc2ccc(O)cc2)C(=O)N1C. The van der Waals surface area contributed by atoms with E-state index in [0.717, 1.165) is 36.3 Å². The maximum atomic E-state index is 15.2. The number of hydrogen-bond donors (Lipinski definition) is 19. The zero-order valence-corrected chi connectivity index (χ0v) is 71.6. The number of nitrogens with zero attached hydrogens (tertiary/aromatic N) is 5. The molecule has 42 heteroatoms. The van der Waals surface area contributed by atoms with E-state index in [-0.39, 0.29) is 89.6 Å². The van der Waals surface area contributed by atoms with Gasteiger partial charge in [-0.3, -0.25) is 81.5 Å². The lowest BCUT2D eigenvalue weighted by atomic mass is 10.0. The van der Waals surface area contributed by atoms with E-state index in [1.54, 1.807) is 67.8 Å². The number of likely N-dealkylation sites (N-methyl/N-ethyl adjacent to an activating group) is 3. The first-order valence-electron chi connectivity index (χ1n) is 41.6. The van der Waals surface area contributed by atoms with Crippen molar-refractivity contribution in [2.45, 2.75) is 202 Å². The number of aliphatic hydroxyl groups is 3. The molecule has 17 amide bonds. The third kappa shape index (κ3) is 26.6. The van der Waals surface area contributed by atoms with Gasteiger partial charge in [0.2, 0.25) is 100 Å². The highest BCUT2D eigenvalue weighted by Crippen LogP contribution is 2.27. The average Bonchev–Trinajstić information content (AvgIpc) is 1.81. The molecule has 3 saturated heterocycles. The highest BCUT2D eigenvalue weighted by molar-refractivity contribution is 8.00. The molecule has 14 atom stereocenters.